The summed E-state index contributed by atoms with van der Waals surface area (Å²) >= 11 is 0. The molecule has 3 N–H and O–H groups in total. The van der Waals surface area contributed by atoms with E-state index >= 15 is 0 Å². The molecule has 1 atom stereocenters. The van der Waals surface area contributed by atoms with Gasteiger partial charge in [0.15, 0.2) is 0 Å². The third-order valence-electron chi connectivity index (χ3n) is 1.34. The van der Waals surface area contributed by atoms with Crippen molar-refractivity contribution in [3.05, 3.63) is 35.4 Å². The van der Waals surface area contributed by atoms with Crippen LogP contribution in [0.4, 0.5) is 0 Å². The van der Waals surface area contributed by atoms with Crippen LogP contribution in [-0.2, 0) is 0 Å². The van der Waals surface area contributed by atoms with Crippen LogP contribution in [-0.4, -0.2) is 5.11 Å². The van der Waals surface area contributed by atoms with Crippen LogP contribution in [0.15, 0.2) is 18.2 Å². The quantitative estimate of drug-likeness (QED) is 0.561. The zero-order chi connectivity index (χ0) is 8.27. The number of rotatable bonds is 1. The Morgan fingerprint density at radius 3 is 2.91 bits per heavy atom. The highest BCUT2D eigenvalue weighted by atomic mass is 16.3. The molecule has 0 fully saturated rings. The summed E-state index contributed by atoms with van der Waals surface area (Å²) in [4.78, 5) is 0. The Morgan fingerprint density at radius 1 is 1.73 bits per heavy atom. The van der Waals surface area contributed by atoms with Crippen molar-refractivity contribution in [1.82, 2.24) is 0 Å². The molecular weight excluding hydrogens is 140 g/mol. The number of aliphatic hydroxyl groups is 1. The molecule has 0 spiro atoms. The Morgan fingerprint density at radius 2 is 2.45 bits per heavy atom. The number of aliphatic hydroxyl groups excluding tert-OH is 1. The maximum Gasteiger partial charge on any atom is 0.129 e. The van der Waals surface area contributed by atoms with Gasteiger partial charge in [0, 0.05) is 5.56 Å². The summed E-state index contributed by atoms with van der Waals surface area (Å²) in [5.41, 5.74) is 5.97. The largest absolute Gasteiger partial charge is 0.374 e. The maximum atomic E-state index is 8.94. The molecule has 11 heavy (non-hydrogen) atoms. The van der Waals surface area contributed by atoms with E-state index in [2.05, 4.69) is 6.07 Å². The van der Waals surface area contributed by atoms with Crippen molar-refractivity contribution in [3.63, 3.8) is 0 Å². The summed E-state index contributed by atoms with van der Waals surface area (Å²) in [6.45, 7) is 0. The highest BCUT2D eigenvalue weighted by Crippen LogP contribution is 2.11. The minimum absolute atomic E-state index is 0.388. The molecule has 3 nitrogen and oxygen atoms in total. The molecule has 1 aromatic rings. The first kappa shape index (κ1) is 7.73. The summed E-state index contributed by atoms with van der Waals surface area (Å²) < 4.78 is 0. The zero-order valence-electron chi connectivity index (χ0n) is 5.78. The molecule has 3 heteroatoms. The van der Waals surface area contributed by atoms with E-state index in [1.165, 1.54) is 6.07 Å². The third kappa shape index (κ3) is 1.55. The van der Waals surface area contributed by atoms with Gasteiger partial charge in [-0.3, -0.25) is 0 Å². The molecule has 1 aromatic carbocycles. The third-order valence-corrected chi connectivity index (χ3v) is 1.34. The van der Waals surface area contributed by atoms with Crippen LogP contribution in [0.3, 0.4) is 0 Å². The van der Waals surface area contributed by atoms with Gasteiger partial charge in [0.1, 0.15) is 6.23 Å². The van der Waals surface area contributed by atoms with Crippen molar-refractivity contribution in [1.29, 1.82) is 5.26 Å². The van der Waals surface area contributed by atoms with Crippen LogP contribution >= 0.6 is 0 Å². The number of hydrogen-bond acceptors (Lipinski definition) is 3. The van der Waals surface area contributed by atoms with Gasteiger partial charge < -0.3 is 10.8 Å². The fourth-order valence-corrected chi connectivity index (χ4v) is 0.790. The van der Waals surface area contributed by atoms with Crippen molar-refractivity contribution in [2.24, 2.45) is 5.73 Å². The molecule has 0 aliphatic carbocycles. The van der Waals surface area contributed by atoms with Crippen LogP contribution in [0.5, 0.6) is 0 Å². The first-order valence-corrected chi connectivity index (χ1v) is 3.09. The number of nitrogens with two attached hydrogens (primary N) is 1. The average Bonchev–Trinajstić information content (AvgIpc) is 2.04. The normalized spacial score (nSPS) is 12.1. The van der Waals surface area contributed by atoms with Crippen molar-refractivity contribution in [2.75, 3.05) is 0 Å². The summed E-state index contributed by atoms with van der Waals surface area (Å²) in [6.07, 6.45) is -1.10. The second-order valence-electron chi connectivity index (χ2n) is 2.07. The number of hydrogen-bond donors (Lipinski definition) is 2. The van der Waals surface area contributed by atoms with Gasteiger partial charge in [-0.2, -0.15) is 5.26 Å². The molecule has 0 saturated carbocycles. The van der Waals surface area contributed by atoms with Crippen LogP contribution in [0, 0.1) is 17.4 Å². The Balaban J connectivity index is 3.15. The first-order valence-electron chi connectivity index (χ1n) is 3.09. The zero-order valence-corrected chi connectivity index (χ0v) is 5.78. The molecule has 1 radical (unpaired) electrons. The van der Waals surface area contributed by atoms with Gasteiger partial charge in [-0.15, -0.1) is 0 Å². The molecule has 0 heterocycles. The molecule has 55 valence electrons. The lowest BCUT2D eigenvalue weighted by Gasteiger charge is -2.04. The van der Waals surface area contributed by atoms with E-state index in [0.717, 1.165) is 0 Å². The maximum absolute atomic E-state index is 8.94. The lowest BCUT2D eigenvalue weighted by atomic mass is 10.1. The number of benzene rings is 1. The van der Waals surface area contributed by atoms with E-state index in [4.69, 9.17) is 16.1 Å². The van der Waals surface area contributed by atoms with Gasteiger partial charge in [0.25, 0.3) is 0 Å². The molecule has 0 aromatic heterocycles. The van der Waals surface area contributed by atoms with Gasteiger partial charge >= 0.3 is 0 Å². The van der Waals surface area contributed by atoms with E-state index in [-0.39, 0.29) is 0 Å². The van der Waals surface area contributed by atoms with Gasteiger partial charge in [-0.25, -0.2) is 0 Å². The summed E-state index contributed by atoms with van der Waals surface area (Å²) in [5, 5.41) is 17.5. The van der Waals surface area contributed by atoms with Crippen LogP contribution < -0.4 is 5.73 Å². The topological polar surface area (TPSA) is 70.0 Å². The van der Waals surface area contributed by atoms with Crippen molar-refractivity contribution >= 4 is 0 Å². The number of nitrogens with zero attached hydrogens (tertiary/aromatic N) is 1. The standard InChI is InChI=1S/C8H7N2O/c9-5-6-3-1-2-4-7(6)8(10)11/h1,3-4,8,11H,10H2. The second-order valence-corrected chi connectivity index (χ2v) is 2.07. The van der Waals surface area contributed by atoms with Crippen LogP contribution in [0.1, 0.15) is 17.4 Å². The predicted molar refractivity (Wildman–Crippen MR) is 39.1 cm³/mol. The highest BCUT2D eigenvalue weighted by molar-refractivity contribution is 5.37. The molecule has 0 bridgehead atoms. The Bertz CT molecular complexity index is 288. The van der Waals surface area contributed by atoms with Gasteiger partial charge in [0.2, 0.25) is 0 Å². The molecule has 1 unspecified atom stereocenters. The van der Waals surface area contributed by atoms with Crippen LogP contribution in [0.2, 0.25) is 0 Å². The smallest absolute Gasteiger partial charge is 0.129 e. The summed E-state index contributed by atoms with van der Waals surface area (Å²) in [5.74, 6) is 0. The van der Waals surface area contributed by atoms with Gasteiger partial charge in [-0.1, -0.05) is 6.07 Å². The Hall–Kier alpha value is -1.37. The highest BCUT2D eigenvalue weighted by Gasteiger charge is 2.05. The van der Waals surface area contributed by atoms with Crippen molar-refractivity contribution in [2.45, 2.75) is 6.23 Å². The fraction of sp³-hybridized carbons (Fsp3) is 0.125. The van der Waals surface area contributed by atoms with Crippen molar-refractivity contribution < 1.29 is 5.11 Å². The lowest BCUT2D eigenvalue weighted by molar-refractivity contribution is 0.186. The summed E-state index contributed by atoms with van der Waals surface area (Å²) in [7, 11) is 0. The molecule has 0 amide bonds. The minimum atomic E-state index is -1.10. The van der Waals surface area contributed by atoms with E-state index in [9.17, 15) is 0 Å². The SMILES string of the molecule is N#Cc1cc[c]cc1C(N)O. The fourth-order valence-electron chi connectivity index (χ4n) is 0.790. The second kappa shape index (κ2) is 3.15. The molecule has 0 saturated heterocycles. The first-order chi connectivity index (χ1) is 5.25. The van der Waals surface area contributed by atoms with Crippen LogP contribution in [0.25, 0.3) is 0 Å². The summed E-state index contributed by atoms with van der Waals surface area (Å²) in [6, 6.07) is 9.31. The monoisotopic (exact) mass is 147 g/mol. The lowest BCUT2D eigenvalue weighted by Crippen LogP contribution is -2.09. The number of nitriles is 1. The Labute approximate surface area is 64.7 Å². The van der Waals surface area contributed by atoms with E-state index in [0.29, 0.717) is 11.1 Å². The van der Waals surface area contributed by atoms with E-state index in [1.807, 2.05) is 6.07 Å². The Kier molecular flexibility index (Phi) is 2.21. The molecule has 1 rings (SSSR count). The predicted octanol–water partition coefficient (Wildman–Crippen LogP) is 0.308. The average molecular weight is 147 g/mol. The molecule has 0 aliphatic heterocycles. The minimum Gasteiger partial charge on any atom is -0.374 e. The van der Waals surface area contributed by atoms with Gasteiger partial charge in [0.05, 0.1) is 11.6 Å². The van der Waals surface area contributed by atoms with E-state index in [1.54, 1.807) is 12.1 Å². The molecule has 0 aliphatic rings. The van der Waals surface area contributed by atoms with Gasteiger partial charge in [-0.05, 0) is 18.2 Å². The van der Waals surface area contributed by atoms with E-state index < -0.39 is 6.23 Å². The van der Waals surface area contributed by atoms with Crippen molar-refractivity contribution in [3.8, 4) is 6.07 Å². The molecular formula is C8H7N2O.